The number of fused-ring (bicyclic) bond motifs is 1. The molecule has 0 fully saturated rings. The molecule has 0 atom stereocenters. The molecule has 2 aromatic rings. The van der Waals surface area contributed by atoms with Gasteiger partial charge in [0.1, 0.15) is 0 Å². The van der Waals surface area contributed by atoms with E-state index in [-0.39, 0.29) is 5.56 Å². The monoisotopic (exact) mass is 224 g/mol. The topological polar surface area (TPSA) is 54.4 Å². The Morgan fingerprint density at radius 1 is 1.18 bits per heavy atom. The van der Waals surface area contributed by atoms with Crippen molar-refractivity contribution in [1.82, 2.24) is 0 Å². The zero-order valence-corrected chi connectivity index (χ0v) is 8.81. The van der Waals surface area contributed by atoms with E-state index in [1.807, 2.05) is 0 Å². The Morgan fingerprint density at radius 3 is 2.59 bits per heavy atom. The van der Waals surface area contributed by atoms with Gasteiger partial charge in [0, 0.05) is 11.1 Å². The molecule has 82 valence electrons. The van der Waals surface area contributed by atoms with Gasteiger partial charge in [-0.2, -0.15) is 0 Å². The Hall–Kier alpha value is -2.60. The Morgan fingerprint density at radius 2 is 1.94 bits per heavy atom. The van der Waals surface area contributed by atoms with Crippen molar-refractivity contribution in [3.63, 3.8) is 0 Å². The molecule has 3 heteroatoms. The van der Waals surface area contributed by atoms with Gasteiger partial charge >= 0.3 is 5.97 Å². The fourth-order valence-electron chi connectivity index (χ4n) is 1.68. The van der Waals surface area contributed by atoms with Crippen molar-refractivity contribution in [3.05, 3.63) is 47.5 Å². The van der Waals surface area contributed by atoms with Crippen LogP contribution >= 0.6 is 0 Å². The summed E-state index contributed by atoms with van der Waals surface area (Å²) in [7, 11) is 0. The molecule has 1 N–H and O–H groups in total. The van der Waals surface area contributed by atoms with E-state index in [0.717, 1.165) is 5.39 Å². The van der Waals surface area contributed by atoms with Crippen LogP contribution in [0.5, 0.6) is 0 Å². The Labute approximate surface area is 97.7 Å². The van der Waals surface area contributed by atoms with Crippen molar-refractivity contribution in [1.29, 1.82) is 0 Å². The lowest BCUT2D eigenvalue weighted by atomic mass is 9.99. The van der Waals surface area contributed by atoms with Crippen LogP contribution in [0.15, 0.2) is 36.4 Å². The van der Waals surface area contributed by atoms with Crippen molar-refractivity contribution in [2.24, 2.45) is 0 Å². The van der Waals surface area contributed by atoms with Crippen LogP contribution in [0.3, 0.4) is 0 Å². The maximum atomic E-state index is 11.5. The van der Waals surface area contributed by atoms with Gasteiger partial charge in [0.15, 0.2) is 0 Å². The van der Waals surface area contributed by atoms with Gasteiger partial charge in [0.2, 0.25) is 0 Å². The summed E-state index contributed by atoms with van der Waals surface area (Å²) in [6.45, 7) is 0. The highest BCUT2D eigenvalue weighted by Crippen LogP contribution is 2.20. The maximum Gasteiger partial charge on any atom is 0.377 e. The molecule has 0 saturated heterocycles. The highest BCUT2D eigenvalue weighted by Gasteiger charge is 2.16. The second-order valence-corrected chi connectivity index (χ2v) is 3.52. The van der Waals surface area contributed by atoms with Crippen LogP contribution < -0.4 is 0 Å². The first kappa shape index (κ1) is 10.9. The number of ketones is 1. The minimum absolute atomic E-state index is 0.159. The third-order valence-corrected chi connectivity index (χ3v) is 2.49. The molecule has 2 aromatic carbocycles. The van der Waals surface area contributed by atoms with Gasteiger partial charge in [-0.25, -0.2) is 4.79 Å². The summed E-state index contributed by atoms with van der Waals surface area (Å²) in [4.78, 5) is 22.2. The van der Waals surface area contributed by atoms with Gasteiger partial charge in [-0.15, -0.1) is 6.42 Å². The fraction of sp³-hybridized carbons (Fsp3) is 0. The van der Waals surface area contributed by atoms with Crippen molar-refractivity contribution >= 4 is 22.5 Å². The van der Waals surface area contributed by atoms with Gasteiger partial charge in [-0.3, -0.25) is 4.79 Å². The zero-order valence-electron chi connectivity index (χ0n) is 8.81. The van der Waals surface area contributed by atoms with Crippen LogP contribution in [0, 0.1) is 12.3 Å². The number of hydrogen-bond acceptors (Lipinski definition) is 2. The van der Waals surface area contributed by atoms with Crippen LogP contribution in [0.1, 0.15) is 15.9 Å². The summed E-state index contributed by atoms with van der Waals surface area (Å²) >= 11 is 0. The van der Waals surface area contributed by atoms with Crippen LogP contribution in [-0.2, 0) is 4.79 Å². The van der Waals surface area contributed by atoms with Gasteiger partial charge in [0.05, 0.1) is 0 Å². The summed E-state index contributed by atoms with van der Waals surface area (Å²) in [5.74, 6) is 0.0607. The van der Waals surface area contributed by atoms with E-state index in [2.05, 4.69) is 5.92 Å². The first-order valence-electron chi connectivity index (χ1n) is 4.90. The van der Waals surface area contributed by atoms with Crippen LogP contribution in [-0.4, -0.2) is 16.9 Å². The molecule has 3 nitrogen and oxygen atoms in total. The number of hydrogen-bond donors (Lipinski definition) is 1. The molecule has 17 heavy (non-hydrogen) atoms. The van der Waals surface area contributed by atoms with Crippen LogP contribution in [0.25, 0.3) is 10.8 Å². The molecule has 0 amide bonds. The van der Waals surface area contributed by atoms with E-state index < -0.39 is 11.8 Å². The number of aliphatic carboxylic acids is 1. The van der Waals surface area contributed by atoms with Crippen molar-refractivity contribution in [2.45, 2.75) is 0 Å². The lowest BCUT2D eigenvalue weighted by Crippen LogP contribution is -2.12. The number of Topliss-reactive ketones (excluding diaryl/α,β-unsaturated/α-hetero) is 1. The molecule has 0 heterocycles. The summed E-state index contributed by atoms with van der Waals surface area (Å²) in [6.07, 6.45) is 5.28. The van der Waals surface area contributed by atoms with Crippen molar-refractivity contribution < 1.29 is 14.7 Å². The number of carboxylic acids is 1. The molecule has 0 aliphatic carbocycles. The first-order chi connectivity index (χ1) is 8.13. The number of rotatable bonds is 2. The molecule has 2 rings (SSSR count). The fourth-order valence-corrected chi connectivity index (χ4v) is 1.68. The molecule has 0 aliphatic heterocycles. The first-order valence-corrected chi connectivity index (χ1v) is 4.90. The normalized spacial score (nSPS) is 9.82. The number of terminal acetylenes is 1. The molecule has 0 radical (unpaired) electrons. The van der Waals surface area contributed by atoms with E-state index in [4.69, 9.17) is 11.5 Å². The number of benzene rings is 2. The summed E-state index contributed by atoms with van der Waals surface area (Å²) in [5, 5.41) is 10.1. The smallest absolute Gasteiger partial charge is 0.377 e. The predicted octanol–water partition coefficient (Wildman–Crippen LogP) is 2.09. The Balaban J connectivity index is 2.76. The zero-order chi connectivity index (χ0) is 12.4. The predicted molar refractivity (Wildman–Crippen MR) is 63.8 cm³/mol. The third kappa shape index (κ3) is 1.88. The number of carboxylic acid groups (broad SMARTS) is 1. The molecule has 0 unspecified atom stereocenters. The SMILES string of the molecule is C#Cc1ccc2cccc(C(=O)C(=O)O)c2c1. The van der Waals surface area contributed by atoms with E-state index in [9.17, 15) is 9.59 Å². The Bertz CT molecular complexity index is 663. The van der Waals surface area contributed by atoms with Gasteiger partial charge in [-0.1, -0.05) is 30.2 Å². The van der Waals surface area contributed by atoms with E-state index >= 15 is 0 Å². The lowest BCUT2D eigenvalue weighted by molar-refractivity contribution is -0.131. The van der Waals surface area contributed by atoms with E-state index in [1.165, 1.54) is 6.07 Å². The van der Waals surface area contributed by atoms with Gasteiger partial charge < -0.3 is 5.11 Å². The second kappa shape index (κ2) is 4.11. The van der Waals surface area contributed by atoms with E-state index in [0.29, 0.717) is 10.9 Å². The quantitative estimate of drug-likeness (QED) is 0.482. The van der Waals surface area contributed by atoms with Gasteiger partial charge in [0.25, 0.3) is 5.78 Å². The highest BCUT2D eigenvalue weighted by atomic mass is 16.4. The van der Waals surface area contributed by atoms with Crippen molar-refractivity contribution in [2.75, 3.05) is 0 Å². The standard InChI is InChI=1S/C14H8O3/c1-2-9-6-7-10-4-3-5-11(12(10)8-9)13(15)14(16)17/h1,3-8H,(H,16,17). The molecule has 0 bridgehead atoms. The average Bonchev–Trinajstić information content (AvgIpc) is 2.36. The lowest BCUT2D eigenvalue weighted by Gasteiger charge is -2.03. The second-order valence-electron chi connectivity index (χ2n) is 3.52. The maximum absolute atomic E-state index is 11.5. The summed E-state index contributed by atoms with van der Waals surface area (Å²) < 4.78 is 0. The van der Waals surface area contributed by atoms with Crippen molar-refractivity contribution in [3.8, 4) is 12.3 Å². The molecule has 0 aliphatic rings. The Kier molecular flexibility index (Phi) is 2.63. The molecular formula is C14H8O3. The van der Waals surface area contributed by atoms with Crippen LogP contribution in [0.2, 0.25) is 0 Å². The van der Waals surface area contributed by atoms with Crippen LogP contribution in [0.4, 0.5) is 0 Å². The average molecular weight is 224 g/mol. The largest absolute Gasteiger partial charge is 0.475 e. The number of carbonyl (C=O) groups is 2. The molecule has 0 spiro atoms. The summed E-state index contributed by atoms with van der Waals surface area (Å²) in [6, 6.07) is 10.1. The molecular weight excluding hydrogens is 216 g/mol. The number of carbonyl (C=O) groups excluding carboxylic acids is 1. The van der Waals surface area contributed by atoms with E-state index in [1.54, 1.807) is 30.3 Å². The minimum atomic E-state index is -1.47. The van der Waals surface area contributed by atoms with Gasteiger partial charge in [-0.05, 0) is 22.9 Å². The summed E-state index contributed by atoms with van der Waals surface area (Å²) in [5.41, 5.74) is 0.773. The molecule has 0 saturated carbocycles. The molecule has 0 aromatic heterocycles. The minimum Gasteiger partial charge on any atom is -0.475 e. The highest BCUT2D eigenvalue weighted by molar-refractivity contribution is 6.42. The third-order valence-electron chi connectivity index (χ3n) is 2.49.